The second kappa shape index (κ2) is 4.01. The second-order valence-corrected chi connectivity index (χ2v) is 4.74. The van der Waals surface area contributed by atoms with E-state index in [4.69, 9.17) is 5.11 Å². The van der Waals surface area contributed by atoms with Gasteiger partial charge in [0.15, 0.2) is 0 Å². The number of amides is 2. The molecule has 0 aromatic heterocycles. The van der Waals surface area contributed by atoms with Crippen molar-refractivity contribution in [1.29, 1.82) is 0 Å². The molecule has 2 aliphatic heterocycles. The Morgan fingerprint density at radius 1 is 1.22 bits per heavy atom. The molecule has 1 N–H and O–H groups in total. The average molecular weight is 246 g/mol. The summed E-state index contributed by atoms with van der Waals surface area (Å²) in [4.78, 5) is 25.8. The third-order valence-electron chi connectivity index (χ3n) is 3.57. The summed E-state index contributed by atoms with van der Waals surface area (Å²) in [6.45, 7) is 1.62. The second-order valence-electron chi connectivity index (χ2n) is 4.74. The van der Waals surface area contributed by atoms with E-state index in [2.05, 4.69) is 0 Å². The van der Waals surface area contributed by atoms with Gasteiger partial charge in [-0.25, -0.2) is 4.79 Å². The fourth-order valence-electron chi connectivity index (χ4n) is 2.61. The van der Waals surface area contributed by atoms with Gasteiger partial charge < -0.3 is 10.0 Å². The molecule has 1 saturated heterocycles. The van der Waals surface area contributed by atoms with Gasteiger partial charge in [0.05, 0.1) is 0 Å². The maximum Gasteiger partial charge on any atom is 0.407 e. The molecule has 0 unspecified atom stereocenters. The van der Waals surface area contributed by atoms with Crippen molar-refractivity contribution in [3.8, 4) is 0 Å². The molecule has 0 aliphatic carbocycles. The number of hydrogen-bond donors (Lipinski definition) is 1. The highest BCUT2D eigenvalue weighted by atomic mass is 16.4. The number of carbonyl (C=O) groups is 2. The van der Waals surface area contributed by atoms with E-state index in [0.717, 1.165) is 29.8 Å². The van der Waals surface area contributed by atoms with Crippen LogP contribution in [0.2, 0.25) is 0 Å². The summed E-state index contributed by atoms with van der Waals surface area (Å²) in [6.07, 6.45) is 0.611. The molecule has 1 aromatic carbocycles. The third kappa shape index (κ3) is 1.72. The molecule has 0 spiro atoms. The monoisotopic (exact) mass is 246 g/mol. The minimum Gasteiger partial charge on any atom is -0.465 e. The number of rotatable bonds is 1. The zero-order valence-corrected chi connectivity index (χ0v) is 9.93. The first-order valence-electron chi connectivity index (χ1n) is 6.05. The number of carbonyl (C=O) groups excluding carboxylic acids is 1. The topological polar surface area (TPSA) is 60.9 Å². The molecule has 0 bridgehead atoms. The van der Waals surface area contributed by atoms with Gasteiger partial charge in [-0.15, -0.1) is 0 Å². The lowest BCUT2D eigenvalue weighted by atomic mass is 10.1. The van der Waals surface area contributed by atoms with E-state index in [1.807, 2.05) is 18.2 Å². The van der Waals surface area contributed by atoms with E-state index >= 15 is 0 Å². The lowest BCUT2D eigenvalue weighted by Gasteiger charge is -2.16. The van der Waals surface area contributed by atoms with Crippen LogP contribution in [0.1, 0.15) is 24.0 Å². The van der Waals surface area contributed by atoms with Gasteiger partial charge in [-0.05, 0) is 29.7 Å². The zero-order chi connectivity index (χ0) is 12.7. The first kappa shape index (κ1) is 11.1. The van der Waals surface area contributed by atoms with Crippen LogP contribution in [0.4, 0.5) is 10.5 Å². The molecule has 5 nitrogen and oxygen atoms in total. The Hall–Kier alpha value is -2.04. The summed E-state index contributed by atoms with van der Waals surface area (Å²) >= 11 is 0. The smallest absolute Gasteiger partial charge is 0.407 e. The van der Waals surface area contributed by atoms with Crippen molar-refractivity contribution in [3.05, 3.63) is 29.3 Å². The Morgan fingerprint density at radius 2 is 2.00 bits per heavy atom. The number of hydrogen-bond acceptors (Lipinski definition) is 2. The standard InChI is InChI=1S/C13H14N2O3/c16-12-2-1-5-15(12)11-4-3-9-7-14(13(17)18)8-10(9)6-11/h3-4,6H,1-2,5,7-8H2,(H,17,18). The molecular weight excluding hydrogens is 232 g/mol. The average Bonchev–Trinajstić information content (AvgIpc) is 2.93. The highest BCUT2D eigenvalue weighted by Crippen LogP contribution is 2.29. The number of fused-ring (bicyclic) bond motifs is 1. The van der Waals surface area contributed by atoms with Gasteiger partial charge in [0.25, 0.3) is 0 Å². The molecule has 0 saturated carbocycles. The molecule has 0 atom stereocenters. The maximum atomic E-state index is 11.7. The largest absolute Gasteiger partial charge is 0.465 e. The molecule has 94 valence electrons. The number of anilines is 1. The highest BCUT2D eigenvalue weighted by Gasteiger charge is 2.26. The van der Waals surface area contributed by atoms with E-state index in [-0.39, 0.29) is 5.91 Å². The van der Waals surface area contributed by atoms with Crippen molar-refractivity contribution >= 4 is 17.7 Å². The van der Waals surface area contributed by atoms with Crippen molar-refractivity contribution in [3.63, 3.8) is 0 Å². The Balaban J connectivity index is 1.87. The van der Waals surface area contributed by atoms with Crippen LogP contribution in [0.15, 0.2) is 18.2 Å². The Morgan fingerprint density at radius 3 is 2.67 bits per heavy atom. The summed E-state index contributed by atoms with van der Waals surface area (Å²) in [5.74, 6) is 0.156. The van der Waals surface area contributed by atoms with E-state index in [9.17, 15) is 9.59 Å². The molecular formula is C13H14N2O3. The fraction of sp³-hybridized carbons (Fsp3) is 0.385. The summed E-state index contributed by atoms with van der Waals surface area (Å²) in [5.41, 5.74) is 2.94. The lowest BCUT2D eigenvalue weighted by molar-refractivity contribution is -0.117. The van der Waals surface area contributed by atoms with Gasteiger partial charge in [-0.3, -0.25) is 9.69 Å². The molecule has 0 radical (unpaired) electrons. The van der Waals surface area contributed by atoms with Crippen LogP contribution in [0, 0.1) is 0 Å². The Labute approximate surface area is 105 Å². The molecule has 2 heterocycles. The fourth-order valence-corrected chi connectivity index (χ4v) is 2.61. The van der Waals surface area contributed by atoms with Crippen molar-refractivity contribution in [2.45, 2.75) is 25.9 Å². The van der Waals surface area contributed by atoms with E-state index in [0.29, 0.717) is 19.5 Å². The van der Waals surface area contributed by atoms with Crippen molar-refractivity contribution < 1.29 is 14.7 Å². The lowest BCUT2D eigenvalue weighted by Crippen LogP contribution is -2.23. The quantitative estimate of drug-likeness (QED) is 0.822. The van der Waals surface area contributed by atoms with Crippen LogP contribution in [0.25, 0.3) is 0 Å². The minimum atomic E-state index is -0.898. The van der Waals surface area contributed by atoms with Crippen molar-refractivity contribution in [1.82, 2.24) is 4.90 Å². The first-order valence-corrected chi connectivity index (χ1v) is 6.05. The van der Waals surface area contributed by atoms with Crippen LogP contribution >= 0.6 is 0 Å². The Kier molecular flexibility index (Phi) is 2.47. The number of carboxylic acid groups (broad SMARTS) is 1. The SMILES string of the molecule is O=C(O)N1Cc2ccc(N3CCCC3=O)cc2C1. The van der Waals surface area contributed by atoms with Gasteiger partial charge in [-0.2, -0.15) is 0 Å². The molecule has 5 heteroatoms. The first-order chi connectivity index (χ1) is 8.65. The van der Waals surface area contributed by atoms with E-state index in [1.165, 1.54) is 4.90 Å². The van der Waals surface area contributed by atoms with Crippen molar-refractivity contribution in [2.24, 2.45) is 0 Å². The molecule has 18 heavy (non-hydrogen) atoms. The van der Waals surface area contributed by atoms with Gasteiger partial charge in [0, 0.05) is 31.7 Å². The van der Waals surface area contributed by atoms with Crippen LogP contribution in [-0.2, 0) is 17.9 Å². The Bertz CT molecular complexity index is 527. The third-order valence-corrected chi connectivity index (χ3v) is 3.57. The van der Waals surface area contributed by atoms with Gasteiger partial charge in [0.2, 0.25) is 5.91 Å². The normalized spacial score (nSPS) is 18.3. The predicted octanol–water partition coefficient (Wildman–Crippen LogP) is 1.81. The van der Waals surface area contributed by atoms with E-state index in [1.54, 1.807) is 4.90 Å². The predicted molar refractivity (Wildman–Crippen MR) is 65.3 cm³/mol. The highest BCUT2D eigenvalue weighted by molar-refractivity contribution is 5.95. The van der Waals surface area contributed by atoms with Crippen LogP contribution in [0.3, 0.4) is 0 Å². The number of benzene rings is 1. The van der Waals surface area contributed by atoms with Crippen molar-refractivity contribution in [2.75, 3.05) is 11.4 Å². The zero-order valence-electron chi connectivity index (χ0n) is 9.93. The summed E-state index contributed by atoms with van der Waals surface area (Å²) in [7, 11) is 0. The summed E-state index contributed by atoms with van der Waals surface area (Å²) < 4.78 is 0. The maximum absolute atomic E-state index is 11.7. The minimum absolute atomic E-state index is 0.156. The van der Waals surface area contributed by atoms with E-state index < -0.39 is 6.09 Å². The van der Waals surface area contributed by atoms with Crippen LogP contribution in [-0.4, -0.2) is 28.6 Å². The van der Waals surface area contributed by atoms with Gasteiger partial charge >= 0.3 is 6.09 Å². The van der Waals surface area contributed by atoms with Gasteiger partial charge in [0.1, 0.15) is 0 Å². The van der Waals surface area contributed by atoms with Crippen LogP contribution in [0.5, 0.6) is 0 Å². The van der Waals surface area contributed by atoms with Crippen LogP contribution < -0.4 is 4.90 Å². The number of nitrogens with zero attached hydrogens (tertiary/aromatic N) is 2. The summed E-state index contributed by atoms with van der Waals surface area (Å²) in [6, 6.07) is 5.79. The van der Waals surface area contributed by atoms with Gasteiger partial charge in [-0.1, -0.05) is 6.07 Å². The molecule has 1 aromatic rings. The molecule has 2 amide bonds. The summed E-state index contributed by atoms with van der Waals surface area (Å²) in [5, 5.41) is 8.97. The molecule has 3 rings (SSSR count). The molecule has 2 aliphatic rings. The molecule has 1 fully saturated rings.